The Bertz CT molecular complexity index is 1140. The Labute approximate surface area is 184 Å². The Morgan fingerprint density at radius 2 is 2.03 bits per heavy atom. The van der Waals surface area contributed by atoms with Crippen molar-refractivity contribution in [2.45, 2.75) is 13.5 Å². The van der Waals surface area contributed by atoms with Gasteiger partial charge in [-0.05, 0) is 31.2 Å². The normalized spacial score (nSPS) is 11.9. The van der Waals surface area contributed by atoms with Gasteiger partial charge in [-0.1, -0.05) is 15.9 Å². The lowest BCUT2D eigenvalue weighted by molar-refractivity contribution is -0.135. The molecular formula is C19H20BrN3O6S. The minimum atomic E-state index is -0.709. The first kappa shape index (κ1) is 23.4. The maximum Gasteiger partial charge on any atom is 0.333 e. The zero-order chi connectivity index (χ0) is 22.3. The summed E-state index contributed by atoms with van der Waals surface area (Å²) in [6.45, 7) is 1.37. The molecule has 3 amide bonds. The number of nitrogens with one attached hydrogen (secondary N) is 2. The number of ether oxygens (including phenoxy) is 2. The van der Waals surface area contributed by atoms with Gasteiger partial charge in [-0.15, -0.1) is 11.3 Å². The molecule has 0 aliphatic carbocycles. The van der Waals surface area contributed by atoms with Crippen molar-refractivity contribution in [1.82, 2.24) is 15.2 Å². The molecule has 0 aliphatic rings. The first-order valence-electron chi connectivity index (χ1n) is 8.74. The summed E-state index contributed by atoms with van der Waals surface area (Å²) < 4.78 is 12.6. The number of rotatable bonds is 6. The van der Waals surface area contributed by atoms with E-state index in [4.69, 9.17) is 9.47 Å². The van der Waals surface area contributed by atoms with E-state index in [9.17, 15) is 19.2 Å². The summed E-state index contributed by atoms with van der Waals surface area (Å²) in [7, 11) is 2.87. The van der Waals surface area contributed by atoms with Gasteiger partial charge in [0.2, 0.25) is 5.91 Å². The standard InChI is InChI=1S/C19H20BrN3O6S/c1-4-29-17(25)9-16-23(10-15(24)22-19(27)21-2)18(26)14(30-16)8-11-7-12(20)5-6-13(11)28-3/h5-9H,4,10H2,1-3H3,(H2,21,22,24,27). The van der Waals surface area contributed by atoms with E-state index in [1.54, 1.807) is 31.2 Å². The van der Waals surface area contributed by atoms with Gasteiger partial charge in [0.15, 0.2) is 0 Å². The molecule has 0 radical (unpaired) electrons. The molecular weight excluding hydrogens is 478 g/mol. The lowest BCUT2D eigenvalue weighted by Crippen LogP contribution is -2.43. The third kappa shape index (κ3) is 6.04. The number of carbonyl (C=O) groups is 3. The third-order valence-corrected chi connectivity index (χ3v) is 5.28. The van der Waals surface area contributed by atoms with E-state index in [0.717, 1.165) is 26.5 Å². The van der Waals surface area contributed by atoms with Crippen LogP contribution in [-0.2, 0) is 20.9 Å². The molecule has 1 aromatic carbocycles. The largest absolute Gasteiger partial charge is 0.496 e. The molecule has 0 aliphatic heterocycles. The van der Waals surface area contributed by atoms with Gasteiger partial charge in [0.1, 0.15) is 17.0 Å². The molecule has 2 rings (SSSR count). The van der Waals surface area contributed by atoms with Crippen LogP contribution in [0.15, 0.2) is 27.5 Å². The molecule has 30 heavy (non-hydrogen) atoms. The van der Waals surface area contributed by atoms with Gasteiger partial charge < -0.3 is 14.8 Å². The van der Waals surface area contributed by atoms with Crippen molar-refractivity contribution in [1.29, 1.82) is 0 Å². The Kier molecular flexibility index (Phi) is 8.36. The predicted octanol–water partition coefficient (Wildman–Crippen LogP) is 0.309. The molecule has 0 atom stereocenters. The number of hydrogen-bond acceptors (Lipinski definition) is 7. The highest BCUT2D eigenvalue weighted by Gasteiger charge is 2.13. The number of carbonyl (C=O) groups excluding carboxylic acids is 3. The maximum atomic E-state index is 12.9. The Hall–Kier alpha value is -2.92. The third-order valence-electron chi connectivity index (χ3n) is 3.72. The van der Waals surface area contributed by atoms with Crippen molar-refractivity contribution < 1.29 is 23.9 Å². The number of urea groups is 1. The highest BCUT2D eigenvalue weighted by atomic mass is 79.9. The molecule has 0 saturated heterocycles. The summed E-state index contributed by atoms with van der Waals surface area (Å²) in [4.78, 5) is 48.3. The van der Waals surface area contributed by atoms with Gasteiger partial charge in [-0.3, -0.25) is 19.5 Å². The van der Waals surface area contributed by atoms with Crippen LogP contribution in [0.2, 0.25) is 0 Å². The van der Waals surface area contributed by atoms with E-state index in [0.29, 0.717) is 11.3 Å². The van der Waals surface area contributed by atoms with Gasteiger partial charge in [-0.25, -0.2) is 9.59 Å². The second-order valence-corrected chi connectivity index (χ2v) is 7.73. The molecule has 0 unspecified atom stereocenters. The first-order valence-corrected chi connectivity index (χ1v) is 10.3. The van der Waals surface area contributed by atoms with Gasteiger partial charge >= 0.3 is 12.0 Å². The van der Waals surface area contributed by atoms with Crippen LogP contribution in [0.1, 0.15) is 12.5 Å². The smallest absolute Gasteiger partial charge is 0.333 e. The van der Waals surface area contributed by atoms with Crippen LogP contribution >= 0.6 is 27.3 Å². The summed E-state index contributed by atoms with van der Waals surface area (Å²) >= 11 is 4.39. The number of hydrogen-bond donors (Lipinski definition) is 2. The fraction of sp³-hybridized carbons (Fsp3) is 0.263. The SMILES string of the molecule is CCOC(=O)C=c1sc(=Cc2cc(Br)ccc2OC)c(=O)n1CC(=O)NC(=O)NC. The number of amides is 3. The van der Waals surface area contributed by atoms with Gasteiger partial charge in [0.05, 0.1) is 24.3 Å². The Balaban J connectivity index is 2.61. The van der Waals surface area contributed by atoms with Crippen molar-refractivity contribution in [3.8, 4) is 5.75 Å². The minimum Gasteiger partial charge on any atom is -0.496 e. The summed E-state index contributed by atoms with van der Waals surface area (Å²) in [6.07, 6.45) is 2.74. The van der Waals surface area contributed by atoms with E-state index in [1.165, 1.54) is 14.2 Å². The second-order valence-electron chi connectivity index (χ2n) is 5.75. The number of aromatic nitrogens is 1. The van der Waals surface area contributed by atoms with Crippen LogP contribution in [0.25, 0.3) is 12.2 Å². The molecule has 160 valence electrons. The maximum absolute atomic E-state index is 12.9. The molecule has 2 N–H and O–H groups in total. The van der Waals surface area contributed by atoms with Crippen LogP contribution in [0.4, 0.5) is 4.79 Å². The lowest BCUT2D eigenvalue weighted by atomic mass is 10.2. The Morgan fingerprint density at radius 3 is 2.67 bits per heavy atom. The monoisotopic (exact) mass is 497 g/mol. The summed E-state index contributed by atoms with van der Waals surface area (Å²) in [6, 6.07) is 4.61. The van der Waals surface area contributed by atoms with Crippen molar-refractivity contribution >= 4 is 57.3 Å². The van der Waals surface area contributed by atoms with Gasteiger partial charge in [-0.2, -0.15) is 0 Å². The highest BCUT2D eigenvalue weighted by Crippen LogP contribution is 2.23. The number of esters is 1. The quantitative estimate of drug-likeness (QED) is 0.554. The van der Waals surface area contributed by atoms with Crippen LogP contribution in [0.5, 0.6) is 5.75 Å². The minimum absolute atomic E-state index is 0.163. The molecule has 1 heterocycles. The molecule has 2 aromatic rings. The van der Waals surface area contributed by atoms with Crippen LogP contribution in [0, 0.1) is 0 Å². The van der Waals surface area contributed by atoms with Crippen LogP contribution < -0.4 is 30.1 Å². The molecule has 1 aromatic heterocycles. The molecule has 11 heteroatoms. The number of nitrogens with zero attached hydrogens (tertiary/aromatic N) is 1. The molecule has 0 saturated carbocycles. The van der Waals surface area contributed by atoms with E-state index in [-0.39, 0.29) is 15.8 Å². The number of halogens is 1. The fourth-order valence-corrected chi connectivity index (χ4v) is 3.81. The topological polar surface area (TPSA) is 116 Å². The average molecular weight is 498 g/mol. The van der Waals surface area contributed by atoms with Crippen LogP contribution in [-0.4, -0.2) is 43.2 Å². The zero-order valence-corrected chi connectivity index (χ0v) is 18.9. The highest BCUT2D eigenvalue weighted by molar-refractivity contribution is 9.10. The van der Waals surface area contributed by atoms with E-state index < -0.39 is 30.0 Å². The summed E-state index contributed by atoms with van der Waals surface area (Å²) in [5.41, 5.74) is 0.138. The van der Waals surface area contributed by atoms with Gasteiger partial charge in [0, 0.05) is 17.1 Å². The summed E-state index contributed by atoms with van der Waals surface area (Å²) in [5.74, 6) is -0.809. The van der Waals surface area contributed by atoms with E-state index >= 15 is 0 Å². The lowest BCUT2D eigenvalue weighted by Gasteiger charge is -2.04. The number of imide groups is 1. The molecule has 0 spiro atoms. The molecule has 9 nitrogen and oxygen atoms in total. The van der Waals surface area contributed by atoms with Crippen molar-refractivity contribution in [3.05, 3.63) is 47.8 Å². The molecule has 0 bridgehead atoms. The second kappa shape index (κ2) is 10.7. The van der Waals surface area contributed by atoms with Crippen molar-refractivity contribution in [3.63, 3.8) is 0 Å². The van der Waals surface area contributed by atoms with Crippen molar-refractivity contribution in [2.75, 3.05) is 20.8 Å². The van der Waals surface area contributed by atoms with Crippen molar-refractivity contribution in [2.24, 2.45) is 0 Å². The number of benzene rings is 1. The van der Waals surface area contributed by atoms with Crippen LogP contribution in [0.3, 0.4) is 0 Å². The fourth-order valence-electron chi connectivity index (χ4n) is 2.41. The Morgan fingerprint density at radius 1 is 1.30 bits per heavy atom. The average Bonchev–Trinajstić information content (AvgIpc) is 2.96. The summed E-state index contributed by atoms with van der Waals surface area (Å²) in [5, 5.41) is 4.34. The zero-order valence-electron chi connectivity index (χ0n) is 16.5. The van der Waals surface area contributed by atoms with E-state index in [1.807, 2.05) is 0 Å². The number of thiazole rings is 1. The first-order chi connectivity index (χ1) is 14.3. The number of methoxy groups -OCH3 is 1. The predicted molar refractivity (Wildman–Crippen MR) is 116 cm³/mol. The van der Waals surface area contributed by atoms with Gasteiger partial charge in [0.25, 0.3) is 5.56 Å². The molecule has 0 fully saturated rings. The van der Waals surface area contributed by atoms with E-state index in [2.05, 4.69) is 26.6 Å².